The molecule has 1 N–H and O–H groups in total. The van der Waals surface area contributed by atoms with Crippen molar-refractivity contribution in [3.05, 3.63) is 23.5 Å². The van der Waals surface area contributed by atoms with Gasteiger partial charge in [0.1, 0.15) is 5.69 Å². The third-order valence-corrected chi connectivity index (χ3v) is 2.71. The van der Waals surface area contributed by atoms with Gasteiger partial charge >= 0.3 is 0 Å². The summed E-state index contributed by atoms with van der Waals surface area (Å²) in [5.74, 6) is 0.0132. The van der Waals surface area contributed by atoms with Gasteiger partial charge in [-0.1, -0.05) is 13.8 Å². The van der Waals surface area contributed by atoms with E-state index >= 15 is 0 Å². The molecule has 2 heterocycles. The van der Waals surface area contributed by atoms with E-state index in [9.17, 15) is 4.79 Å². The van der Waals surface area contributed by atoms with Gasteiger partial charge in [-0.25, -0.2) is 0 Å². The van der Waals surface area contributed by atoms with Gasteiger partial charge < -0.3 is 5.32 Å². The second-order valence-electron chi connectivity index (χ2n) is 4.41. The number of ketones is 1. The van der Waals surface area contributed by atoms with Crippen molar-refractivity contribution in [3.63, 3.8) is 0 Å². The topological polar surface area (TPSA) is 42.0 Å². The summed E-state index contributed by atoms with van der Waals surface area (Å²) in [6.07, 6.45) is 1.81. The summed E-state index contributed by atoms with van der Waals surface area (Å²) in [6, 6.07) is 1.84. The van der Waals surface area contributed by atoms with Gasteiger partial charge in [0.2, 0.25) is 0 Å². The molecule has 0 atom stereocenters. The SMILES string of the molecule is CC(=O)c1cc2c(cn1)C(C)(C)CN2. The molecule has 74 valence electrons. The maximum Gasteiger partial charge on any atom is 0.178 e. The molecular weight excluding hydrogens is 176 g/mol. The van der Waals surface area contributed by atoms with Crippen molar-refractivity contribution in [2.24, 2.45) is 0 Å². The summed E-state index contributed by atoms with van der Waals surface area (Å²) in [6.45, 7) is 6.78. The van der Waals surface area contributed by atoms with Crippen molar-refractivity contribution in [1.29, 1.82) is 0 Å². The largest absolute Gasteiger partial charge is 0.384 e. The number of hydrogen-bond donors (Lipinski definition) is 1. The van der Waals surface area contributed by atoms with Gasteiger partial charge in [-0.2, -0.15) is 0 Å². The monoisotopic (exact) mass is 190 g/mol. The highest BCUT2D eigenvalue weighted by atomic mass is 16.1. The van der Waals surface area contributed by atoms with Crippen LogP contribution in [0.25, 0.3) is 0 Å². The molecule has 1 aliphatic heterocycles. The Morgan fingerprint density at radius 2 is 2.29 bits per heavy atom. The van der Waals surface area contributed by atoms with Crippen LogP contribution < -0.4 is 5.32 Å². The average Bonchev–Trinajstić information content (AvgIpc) is 2.42. The summed E-state index contributed by atoms with van der Waals surface area (Å²) in [4.78, 5) is 15.3. The zero-order valence-electron chi connectivity index (χ0n) is 8.72. The summed E-state index contributed by atoms with van der Waals surface area (Å²) < 4.78 is 0. The van der Waals surface area contributed by atoms with Crippen LogP contribution in [0.5, 0.6) is 0 Å². The lowest BCUT2D eigenvalue weighted by atomic mass is 9.88. The first-order valence-electron chi connectivity index (χ1n) is 4.76. The van der Waals surface area contributed by atoms with E-state index in [0.717, 1.165) is 12.2 Å². The Morgan fingerprint density at radius 1 is 1.57 bits per heavy atom. The summed E-state index contributed by atoms with van der Waals surface area (Å²) >= 11 is 0. The standard InChI is InChI=1S/C11H14N2O/c1-7(14)9-4-10-8(5-12-9)11(2,3)6-13-10/h4-5,13H,6H2,1-3H3. The van der Waals surface area contributed by atoms with Gasteiger partial charge in [-0.3, -0.25) is 9.78 Å². The van der Waals surface area contributed by atoms with Gasteiger partial charge in [0.15, 0.2) is 5.78 Å². The molecule has 1 aromatic heterocycles. The highest BCUT2D eigenvalue weighted by Gasteiger charge is 2.30. The molecule has 0 spiro atoms. The van der Waals surface area contributed by atoms with Crippen LogP contribution in [-0.4, -0.2) is 17.3 Å². The fraction of sp³-hybridized carbons (Fsp3) is 0.455. The Balaban J connectivity index is 2.49. The highest BCUT2D eigenvalue weighted by molar-refractivity contribution is 5.93. The van der Waals surface area contributed by atoms with Gasteiger partial charge in [-0.05, 0) is 6.07 Å². The predicted molar refractivity (Wildman–Crippen MR) is 55.8 cm³/mol. The van der Waals surface area contributed by atoms with E-state index in [1.165, 1.54) is 12.5 Å². The molecule has 0 amide bonds. The Bertz CT molecular complexity index is 396. The van der Waals surface area contributed by atoms with Crippen LogP contribution >= 0.6 is 0 Å². The lowest BCUT2D eigenvalue weighted by Gasteiger charge is -2.16. The van der Waals surface area contributed by atoms with Crippen LogP contribution in [0.2, 0.25) is 0 Å². The highest BCUT2D eigenvalue weighted by Crippen LogP contribution is 2.35. The molecule has 1 aliphatic rings. The number of Topliss-reactive ketones (excluding diaryl/α,β-unsaturated/α-hetero) is 1. The molecule has 0 aromatic carbocycles. The average molecular weight is 190 g/mol. The minimum atomic E-state index is 0.0132. The molecule has 0 fully saturated rings. The molecule has 0 bridgehead atoms. The van der Waals surface area contributed by atoms with E-state index in [4.69, 9.17) is 0 Å². The minimum absolute atomic E-state index is 0.0132. The summed E-state index contributed by atoms with van der Waals surface area (Å²) in [5.41, 5.74) is 2.91. The number of nitrogens with one attached hydrogen (secondary N) is 1. The van der Waals surface area contributed by atoms with E-state index in [1.807, 2.05) is 12.3 Å². The Morgan fingerprint density at radius 3 is 2.93 bits per heavy atom. The number of fused-ring (bicyclic) bond motifs is 1. The number of nitrogens with zero attached hydrogens (tertiary/aromatic N) is 1. The fourth-order valence-electron chi connectivity index (χ4n) is 1.74. The number of carbonyl (C=O) groups is 1. The van der Waals surface area contributed by atoms with Crippen molar-refractivity contribution in [2.45, 2.75) is 26.2 Å². The van der Waals surface area contributed by atoms with Crippen LogP contribution in [0, 0.1) is 0 Å². The maximum atomic E-state index is 11.1. The number of anilines is 1. The number of rotatable bonds is 1. The zero-order chi connectivity index (χ0) is 10.3. The van der Waals surface area contributed by atoms with Crippen molar-refractivity contribution >= 4 is 11.5 Å². The molecule has 0 saturated carbocycles. The maximum absolute atomic E-state index is 11.1. The van der Waals surface area contributed by atoms with Gasteiger partial charge in [-0.15, -0.1) is 0 Å². The van der Waals surface area contributed by atoms with Gasteiger partial charge in [0.05, 0.1) is 0 Å². The smallest absolute Gasteiger partial charge is 0.178 e. The normalized spacial score (nSPS) is 17.4. The second kappa shape index (κ2) is 2.80. The lowest BCUT2D eigenvalue weighted by Crippen LogP contribution is -2.19. The van der Waals surface area contributed by atoms with Crippen LogP contribution in [0.15, 0.2) is 12.3 Å². The number of aromatic nitrogens is 1. The number of hydrogen-bond acceptors (Lipinski definition) is 3. The fourth-order valence-corrected chi connectivity index (χ4v) is 1.74. The molecule has 14 heavy (non-hydrogen) atoms. The first-order valence-corrected chi connectivity index (χ1v) is 4.76. The summed E-state index contributed by atoms with van der Waals surface area (Å²) in [7, 11) is 0. The molecule has 0 unspecified atom stereocenters. The third kappa shape index (κ3) is 1.29. The van der Waals surface area contributed by atoms with E-state index < -0.39 is 0 Å². The zero-order valence-corrected chi connectivity index (χ0v) is 8.72. The quantitative estimate of drug-likeness (QED) is 0.688. The minimum Gasteiger partial charge on any atom is -0.384 e. The Hall–Kier alpha value is -1.38. The lowest BCUT2D eigenvalue weighted by molar-refractivity contribution is 0.101. The van der Waals surface area contributed by atoms with E-state index in [2.05, 4.69) is 24.1 Å². The number of carbonyl (C=O) groups excluding carboxylic acids is 1. The second-order valence-corrected chi connectivity index (χ2v) is 4.41. The van der Waals surface area contributed by atoms with E-state index in [1.54, 1.807) is 0 Å². The predicted octanol–water partition coefficient (Wildman–Crippen LogP) is 1.99. The molecule has 3 heteroatoms. The van der Waals surface area contributed by atoms with Crippen molar-refractivity contribution in [1.82, 2.24) is 4.98 Å². The van der Waals surface area contributed by atoms with Crippen LogP contribution in [0.3, 0.4) is 0 Å². The van der Waals surface area contributed by atoms with Crippen molar-refractivity contribution in [3.8, 4) is 0 Å². The molecule has 0 aliphatic carbocycles. The van der Waals surface area contributed by atoms with Crippen molar-refractivity contribution in [2.75, 3.05) is 11.9 Å². The van der Waals surface area contributed by atoms with Gasteiger partial charge in [0, 0.05) is 36.3 Å². The van der Waals surface area contributed by atoms with Crippen LogP contribution in [-0.2, 0) is 5.41 Å². The first kappa shape index (κ1) is 9.19. The van der Waals surface area contributed by atoms with Crippen LogP contribution in [0.1, 0.15) is 36.8 Å². The first-order chi connectivity index (χ1) is 6.50. The molecule has 0 saturated heterocycles. The van der Waals surface area contributed by atoms with E-state index in [0.29, 0.717) is 5.69 Å². The molecule has 3 nitrogen and oxygen atoms in total. The van der Waals surface area contributed by atoms with Crippen LogP contribution in [0.4, 0.5) is 5.69 Å². The van der Waals surface area contributed by atoms with E-state index in [-0.39, 0.29) is 11.2 Å². The molecule has 0 radical (unpaired) electrons. The third-order valence-electron chi connectivity index (χ3n) is 2.71. The molecular formula is C11H14N2O. The van der Waals surface area contributed by atoms with Gasteiger partial charge in [0.25, 0.3) is 0 Å². The molecule has 1 aromatic rings. The Labute approximate surface area is 83.5 Å². The number of pyridine rings is 1. The van der Waals surface area contributed by atoms with Crippen molar-refractivity contribution < 1.29 is 4.79 Å². The summed E-state index contributed by atoms with van der Waals surface area (Å²) in [5, 5.41) is 3.29. The Kier molecular flexibility index (Phi) is 1.84. The molecule has 2 rings (SSSR count).